The van der Waals surface area contributed by atoms with E-state index in [-0.39, 0.29) is 12.0 Å². The van der Waals surface area contributed by atoms with Gasteiger partial charge >= 0.3 is 0 Å². The van der Waals surface area contributed by atoms with Gasteiger partial charge in [-0.25, -0.2) is 0 Å². The Labute approximate surface area is 139 Å². The molecule has 114 valence electrons. The van der Waals surface area contributed by atoms with Crippen LogP contribution in [0.3, 0.4) is 0 Å². The van der Waals surface area contributed by atoms with E-state index in [1.54, 1.807) is 18.2 Å². The number of rotatable bonds is 3. The van der Waals surface area contributed by atoms with Gasteiger partial charge in [0.05, 0.1) is 17.2 Å². The molecule has 1 atom stereocenters. The maximum Gasteiger partial charge on any atom is 0.252 e. The van der Waals surface area contributed by atoms with E-state index in [9.17, 15) is 4.79 Å². The first-order valence-corrected chi connectivity index (χ1v) is 7.83. The molecule has 0 aliphatic carbocycles. The van der Waals surface area contributed by atoms with Crippen LogP contribution < -0.4 is 5.32 Å². The molecule has 0 fully saturated rings. The highest BCUT2D eigenvalue weighted by Crippen LogP contribution is 2.26. The molecule has 3 rings (SSSR count). The highest BCUT2D eigenvalue weighted by molar-refractivity contribution is 6.36. The van der Waals surface area contributed by atoms with E-state index in [1.807, 2.05) is 18.2 Å². The number of hydrogen-bond acceptors (Lipinski definition) is 2. The van der Waals surface area contributed by atoms with Crippen molar-refractivity contribution in [3.05, 3.63) is 69.2 Å². The molecule has 3 nitrogen and oxygen atoms in total. The van der Waals surface area contributed by atoms with Gasteiger partial charge in [0, 0.05) is 11.6 Å². The summed E-state index contributed by atoms with van der Waals surface area (Å²) in [6.45, 7) is 1.08. The minimum atomic E-state index is -0.228. The Morgan fingerprint density at radius 1 is 1.23 bits per heavy atom. The summed E-state index contributed by atoms with van der Waals surface area (Å²) in [5.41, 5.74) is 2.82. The zero-order valence-corrected chi connectivity index (χ0v) is 13.3. The molecule has 1 heterocycles. The molecule has 22 heavy (non-hydrogen) atoms. The van der Waals surface area contributed by atoms with Crippen LogP contribution in [0.25, 0.3) is 0 Å². The van der Waals surface area contributed by atoms with Gasteiger partial charge < -0.3 is 10.1 Å². The van der Waals surface area contributed by atoms with Crippen LogP contribution in [0.4, 0.5) is 0 Å². The average Bonchev–Trinajstić information content (AvgIpc) is 2.52. The van der Waals surface area contributed by atoms with Gasteiger partial charge in [0.15, 0.2) is 0 Å². The molecular weight excluding hydrogens is 321 g/mol. The fourth-order valence-corrected chi connectivity index (χ4v) is 3.09. The number of hydrogen-bond donors (Lipinski definition) is 1. The lowest BCUT2D eigenvalue weighted by atomic mass is 9.97. The van der Waals surface area contributed by atoms with Crippen LogP contribution in [0.1, 0.15) is 27.6 Å². The maximum atomic E-state index is 12.2. The molecule has 2 aromatic rings. The Kier molecular flexibility index (Phi) is 4.67. The normalized spacial score (nSPS) is 16.9. The van der Waals surface area contributed by atoms with E-state index in [0.717, 1.165) is 12.0 Å². The van der Waals surface area contributed by atoms with Gasteiger partial charge in [-0.05, 0) is 35.7 Å². The number of halogens is 2. The van der Waals surface area contributed by atoms with Crippen LogP contribution in [-0.2, 0) is 11.2 Å². The molecule has 0 radical (unpaired) electrons. The van der Waals surface area contributed by atoms with Crippen molar-refractivity contribution in [2.75, 3.05) is 13.2 Å². The lowest BCUT2D eigenvalue weighted by molar-refractivity contribution is 0.0411. The van der Waals surface area contributed by atoms with E-state index in [1.165, 1.54) is 5.56 Å². The smallest absolute Gasteiger partial charge is 0.252 e. The lowest BCUT2D eigenvalue weighted by Gasteiger charge is -2.26. The van der Waals surface area contributed by atoms with Crippen molar-refractivity contribution in [2.45, 2.75) is 12.5 Å². The molecule has 0 saturated heterocycles. The SMILES string of the molecule is O=C(NC[C@H]1OCCc2ccccc21)c1ccc(Cl)cc1Cl. The number of ether oxygens (including phenoxy) is 1. The second-order valence-electron chi connectivity index (χ2n) is 5.14. The van der Waals surface area contributed by atoms with E-state index in [0.29, 0.717) is 28.8 Å². The fraction of sp³-hybridized carbons (Fsp3) is 0.235. The molecule has 1 aliphatic rings. The summed E-state index contributed by atoms with van der Waals surface area (Å²) >= 11 is 11.9. The number of nitrogens with one attached hydrogen (secondary N) is 1. The first kappa shape index (κ1) is 15.3. The maximum absolute atomic E-state index is 12.2. The molecule has 1 N–H and O–H groups in total. The minimum Gasteiger partial charge on any atom is -0.371 e. The predicted molar refractivity (Wildman–Crippen MR) is 87.6 cm³/mol. The third-order valence-corrected chi connectivity index (χ3v) is 4.26. The van der Waals surface area contributed by atoms with E-state index in [4.69, 9.17) is 27.9 Å². The highest BCUT2D eigenvalue weighted by atomic mass is 35.5. The highest BCUT2D eigenvalue weighted by Gasteiger charge is 2.21. The predicted octanol–water partition coefficient (Wildman–Crippen LogP) is 4.04. The van der Waals surface area contributed by atoms with Gasteiger partial charge in [-0.3, -0.25) is 4.79 Å². The van der Waals surface area contributed by atoms with Gasteiger partial charge in [0.25, 0.3) is 5.91 Å². The van der Waals surface area contributed by atoms with Crippen LogP contribution >= 0.6 is 23.2 Å². The van der Waals surface area contributed by atoms with Crippen LogP contribution in [-0.4, -0.2) is 19.1 Å². The van der Waals surface area contributed by atoms with Crippen molar-refractivity contribution in [1.29, 1.82) is 0 Å². The molecule has 0 bridgehead atoms. The van der Waals surface area contributed by atoms with Crippen LogP contribution in [0.15, 0.2) is 42.5 Å². The Balaban J connectivity index is 1.69. The Bertz CT molecular complexity index is 703. The Hall–Kier alpha value is -1.55. The summed E-state index contributed by atoms with van der Waals surface area (Å²) in [7, 11) is 0. The van der Waals surface area contributed by atoms with Gasteiger partial charge in [-0.15, -0.1) is 0 Å². The first-order valence-electron chi connectivity index (χ1n) is 7.08. The van der Waals surface area contributed by atoms with E-state index < -0.39 is 0 Å². The van der Waals surface area contributed by atoms with Gasteiger partial charge in [0.2, 0.25) is 0 Å². The molecule has 1 aliphatic heterocycles. The standard InChI is InChI=1S/C17H15Cl2NO2/c18-12-5-6-14(15(19)9-12)17(21)20-10-16-13-4-2-1-3-11(13)7-8-22-16/h1-6,9,16H,7-8,10H2,(H,20,21)/t16-/m1/s1. The third-order valence-electron chi connectivity index (χ3n) is 3.72. The summed E-state index contributed by atoms with van der Waals surface area (Å²) in [4.78, 5) is 12.2. The summed E-state index contributed by atoms with van der Waals surface area (Å²) < 4.78 is 5.77. The van der Waals surface area contributed by atoms with Crippen molar-refractivity contribution >= 4 is 29.1 Å². The molecule has 1 amide bonds. The number of fused-ring (bicyclic) bond motifs is 1. The molecule has 0 unspecified atom stereocenters. The topological polar surface area (TPSA) is 38.3 Å². The monoisotopic (exact) mass is 335 g/mol. The van der Waals surface area contributed by atoms with Gasteiger partial charge in [-0.1, -0.05) is 47.5 Å². The number of carbonyl (C=O) groups is 1. The minimum absolute atomic E-state index is 0.125. The summed E-state index contributed by atoms with van der Waals surface area (Å²) in [6.07, 6.45) is 0.781. The van der Waals surface area contributed by atoms with Crippen molar-refractivity contribution in [3.8, 4) is 0 Å². The second kappa shape index (κ2) is 6.69. The molecular formula is C17H15Cl2NO2. The second-order valence-corrected chi connectivity index (χ2v) is 5.99. The van der Waals surface area contributed by atoms with Crippen molar-refractivity contribution in [3.63, 3.8) is 0 Å². The lowest BCUT2D eigenvalue weighted by Crippen LogP contribution is -2.32. The zero-order valence-electron chi connectivity index (χ0n) is 11.8. The van der Waals surface area contributed by atoms with Crippen LogP contribution in [0.2, 0.25) is 10.0 Å². The molecule has 0 saturated carbocycles. The summed E-state index contributed by atoms with van der Waals surface area (Å²) in [5.74, 6) is -0.228. The quantitative estimate of drug-likeness (QED) is 0.919. The van der Waals surface area contributed by atoms with Gasteiger partial charge in [0.1, 0.15) is 6.10 Å². The molecule has 0 aromatic heterocycles. The average molecular weight is 336 g/mol. The van der Waals surface area contributed by atoms with E-state index in [2.05, 4.69) is 11.4 Å². The van der Waals surface area contributed by atoms with Crippen molar-refractivity contribution in [2.24, 2.45) is 0 Å². The number of amides is 1. The third kappa shape index (κ3) is 3.27. The zero-order chi connectivity index (χ0) is 15.5. The fourth-order valence-electron chi connectivity index (χ4n) is 2.60. The van der Waals surface area contributed by atoms with Crippen LogP contribution in [0.5, 0.6) is 0 Å². The molecule has 5 heteroatoms. The summed E-state index contributed by atoms with van der Waals surface area (Å²) in [6, 6.07) is 13.0. The van der Waals surface area contributed by atoms with E-state index >= 15 is 0 Å². The number of carbonyl (C=O) groups excluding carboxylic acids is 1. The van der Waals surface area contributed by atoms with Crippen molar-refractivity contribution < 1.29 is 9.53 Å². The van der Waals surface area contributed by atoms with Gasteiger partial charge in [-0.2, -0.15) is 0 Å². The summed E-state index contributed by atoms with van der Waals surface area (Å²) in [5, 5.41) is 3.73. The molecule has 2 aromatic carbocycles. The van der Waals surface area contributed by atoms with Crippen LogP contribution in [0, 0.1) is 0 Å². The first-order chi connectivity index (χ1) is 10.6. The number of benzene rings is 2. The largest absolute Gasteiger partial charge is 0.371 e. The Morgan fingerprint density at radius 3 is 2.86 bits per heavy atom. The van der Waals surface area contributed by atoms with Crippen molar-refractivity contribution in [1.82, 2.24) is 5.32 Å². The Morgan fingerprint density at radius 2 is 2.05 bits per heavy atom. The molecule has 0 spiro atoms.